The molecule has 5 heterocycles. The molecule has 8 rings (SSSR count). The van der Waals surface area contributed by atoms with E-state index in [1.807, 2.05) is 43.5 Å². The van der Waals surface area contributed by atoms with E-state index in [4.69, 9.17) is 0 Å². The summed E-state index contributed by atoms with van der Waals surface area (Å²) in [5, 5.41) is 1.62. The largest absolute Gasteiger partial charge is 0.342 e. The van der Waals surface area contributed by atoms with Gasteiger partial charge < -0.3 is 9.13 Å². The summed E-state index contributed by atoms with van der Waals surface area (Å²) in [6.45, 7) is 4.30. The van der Waals surface area contributed by atoms with E-state index in [9.17, 15) is 14.4 Å². The number of nitrogens with zero attached hydrogens (tertiary/aromatic N) is 2. The topological polar surface area (TPSA) is 61.1 Å². The number of rotatable bonds is 14. The van der Waals surface area contributed by atoms with Crippen LogP contribution in [0.25, 0.3) is 58.4 Å². The zero-order chi connectivity index (χ0) is 38.1. The fourth-order valence-electron chi connectivity index (χ4n) is 7.31. The molecule has 0 unspecified atom stereocenters. The van der Waals surface area contributed by atoms with Crippen LogP contribution >= 0.6 is 34.0 Å². The maximum Gasteiger partial charge on any atom is 0.156 e. The smallest absolute Gasteiger partial charge is 0.156 e. The number of aryl methyl sites for hydroxylation is 4. The molecule has 7 aromatic rings. The SMILES string of the molecule is C=C(/C=C/C1=CCCC=C1)CCc1cc2c(cc(-c3sc(-c4cc5sc(CCC(=O)/C=C/c6ccccc6)cc5n4C)c4c(C=O)ccc(C=O)c34)n2C)s1. The van der Waals surface area contributed by atoms with E-state index in [2.05, 4.69) is 77.4 Å². The second-order valence-electron chi connectivity index (χ2n) is 14.0. The van der Waals surface area contributed by atoms with Gasteiger partial charge in [-0.2, -0.15) is 0 Å². The Balaban J connectivity index is 1.08. The number of aromatic nitrogens is 2. The first-order chi connectivity index (χ1) is 26.8. The molecule has 0 bridgehead atoms. The summed E-state index contributed by atoms with van der Waals surface area (Å²) in [7, 11) is 4.13. The van der Waals surface area contributed by atoms with Crippen LogP contribution in [0, 0.1) is 0 Å². The number of thiophene rings is 3. The second-order valence-corrected chi connectivity index (χ2v) is 17.3. The number of fused-ring (bicyclic) bond motifs is 3. The molecular formula is C47H40N2O3S3. The third-order valence-electron chi connectivity index (χ3n) is 10.3. The molecule has 0 amide bonds. The highest BCUT2D eigenvalue weighted by molar-refractivity contribution is 7.22. The van der Waals surface area contributed by atoms with Crippen LogP contribution in [-0.4, -0.2) is 27.5 Å². The average Bonchev–Trinajstić information content (AvgIpc) is 4.03. The van der Waals surface area contributed by atoms with Gasteiger partial charge in [0.05, 0.1) is 41.6 Å². The van der Waals surface area contributed by atoms with Gasteiger partial charge in [-0.15, -0.1) is 34.0 Å². The van der Waals surface area contributed by atoms with Crippen molar-refractivity contribution < 1.29 is 14.4 Å². The first kappa shape index (κ1) is 36.6. The normalized spacial score (nSPS) is 13.2. The molecule has 0 saturated heterocycles. The number of aldehydes is 2. The number of allylic oxidation sites excluding steroid dienone is 8. The molecule has 8 heteroatoms. The van der Waals surface area contributed by atoms with Gasteiger partial charge >= 0.3 is 0 Å². The fourth-order valence-corrected chi connectivity index (χ4v) is 11.0. The molecule has 0 fully saturated rings. The molecular weight excluding hydrogens is 737 g/mol. The monoisotopic (exact) mass is 776 g/mol. The number of ketones is 1. The summed E-state index contributed by atoms with van der Waals surface area (Å²) in [6, 6.07) is 22.2. The van der Waals surface area contributed by atoms with Crippen molar-refractivity contribution in [1.29, 1.82) is 0 Å². The minimum atomic E-state index is 0.100. The van der Waals surface area contributed by atoms with E-state index in [1.165, 1.54) is 15.2 Å². The van der Waals surface area contributed by atoms with Crippen LogP contribution < -0.4 is 0 Å². The van der Waals surface area contributed by atoms with Crippen LogP contribution in [-0.2, 0) is 31.7 Å². The average molecular weight is 777 g/mol. The summed E-state index contributed by atoms with van der Waals surface area (Å²) >= 11 is 5.13. The Labute approximate surface area is 332 Å². The van der Waals surface area contributed by atoms with Crippen molar-refractivity contribution in [1.82, 2.24) is 9.13 Å². The molecule has 5 nitrogen and oxygen atoms in total. The van der Waals surface area contributed by atoms with E-state index in [0.29, 0.717) is 24.0 Å². The molecule has 0 saturated carbocycles. The van der Waals surface area contributed by atoms with E-state index >= 15 is 0 Å². The number of carbonyl (C=O) groups is 3. The number of hydrogen-bond donors (Lipinski definition) is 0. The van der Waals surface area contributed by atoms with Crippen molar-refractivity contribution in [2.24, 2.45) is 14.1 Å². The summed E-state index contributed by atoms with van der Waals surface area (Å²) in [5.74, 6) is 0.100. The van der Waals surface area contributed by atoms with Gasteiger partial charge in [0.15, 0.2) is 18.4 Å². The zero-order valence-corrected chi connectivity index (χ0v) is 33.3. The number of carbonyl (C=O) groups excluding carboxylic acids is 3. The van der Waals surface area contributed by atoms with Gasteiger partial charge in [-0.05, 0) is 73.6 Å². The predicted molar refractivity (Wildman–Crippen MR) is 234 cm³/mol. The second kappa shape index (κ2) is 15.7. The van der Waals surface area contributed by atoms with Crippen molar-refractivity contribution in [2.45, 2.75) is 38.5 Å². The minimum absolute atomic E-state index is 0.100. The van der Waals surface area contributed by atoms with Crippen LogP contribution in [0.5, 0.6) is 0 Å². The van der Waals surface area contributed by atoms with Gasteiger partial charge in [-0.3, -0.25) is 14.4 Å². The van der Waals surface area contributed by atoms with Crippen molar-refractivity contribution >= 4 is 89.6 Å². The van der Waals surface area contributed by atoms with E-state index < -0.39 is 0 Å². The fraction of sp³-hybridized carbons (Fsp3) is 0.170. The first-order valence-electron chi connectivity index (χ1n) is 18.5. The van der Waals surface area contributed by atoms with E-state index in [1.54, 1.807) is 52.2 Å². The molecule has 0 N–H and O–H groups in total. The molecule has 1 aliphatic carbocycles. The molecule has 0 spiro atoms. The molecule has 5 aromatic heterocycles. The Morgan fingerprint density at radius 2 is 1.33 bits per heavy atom. The van der Waals surface area contributed by atoms with Crippen LogP contribution in [0.15, 0.2) is 121 Å². The minimum Gasteiger partial charge on any atom is -0.342 e. The van der Waals surface area contributed by atoms with Gasteiger partial charge in [0.25, 0.3) is 0 Å². The quantitative estimate of drug-likeness (QED) is 0.0628. The zero-order valence-electron chi connectivity index (χ0n) is 30.8. The Kier molecular flexibility index (Phi) is 10.5. The Morgan fingerprint density at radius 1 is 0.727 bits per heavy atom. The van der Waals surface area contributed by atoms with Crippen LogP contribution in [0.1, 0.15) is 61.7 Å². The van der Waals surface area contributed by atoms with Crippen LogP contribution in [0.4, 0.5) is 0 Å². The highest BCUT2D eigenvalue weighted by Crippen LogP contribution is 2.49. The van der Waals surface area contributed by atoms with Crippen molar-refractivity contribution in [3.8, 4) is 21.1 Å². The molecule has 0 radical (unpaired) electrons. The standard InChI is InChI=1S/C47H40N2O3S3/c1-30(14-16-31-10-6-4-7-11-31)15-22-36-24-38-42(53-36)26-40(48(38)2)46-44-33(28-50)18-19-34(29-51)45(44)47(55-46)41-27-43-39(49(41)3)25-37(54-43)23-21-35(52)20-17-32-12-8-5-9-13-32/h5-6,8-14,16-20,24-29H,1,4,7,15,21-23H2,2-3H3/b16-14+,20-17+. The highest BCUT2D eigenvalue weighted by atomic mass is 32.1. The van der Waals surface area contributed by atoms with Gasteiger partial charge in [0.2, 0.25) is 0 Å². The molecule has 0 aliphatic heterocycles. The lowest BCUT2D eigenvalue weighted by Gasteiger charge is -2.06. The number of hydrogen-bond acceptors (Lipinski definition) is 6. The van der Waals surface area contributed by atoms with Crippen molar-refractivity contribution in [3.63, 3.8) is 0 Å². The summed E-state index contributed by atoms with van der Waals surface area (Å²) < 4.78 is 6.70. The third kappa shape index (κ3) is 7.37. The summed E-state index contributed by atoms with van der Waals surface area (Å²) in [4.78, 5) is 42.2. The Morgan fingerprint density at radius 3 is 1.87 bits per heavy atom. The predicted octanol–water partition coefficient (Wildman–Crippen LogP) is 12.5. The number of benzene rings is 2. The maximum atomic E-state index is 12.7. The maximum absolute atomic E-state index is 12.7. The van der Waals surface area contributed by atoms with Gasteiger partial charge in [-0.1, -0.05) is 91.1 Å². The molecule has 274 valence electrons. The van der Waals surface area contributed by atoms with Crippen LogP contribution in [0.2, 0.25) is 0 Å². The van der Waals surface area contributed by atoms with E-state index in [0.717, 1.165) is 102 Å². The summed E-state index contributed by atoms with van der Waals surface area (Å²) in [6.07, 6.45) is 21.4. The summed E-state index contributed by atoms with van der Waals surface area (Å²) in [5.41, 5.74) is 8.74. The van der Waals surface area contributed by atoms with Crippen molar-refractivity contribution in [3.05, 3.63) is 147 Å². The highest BCUT2D eigenvalue weighted by Gasteiger charge is 2.25. The van der Waals surface area contributed by atoms with E-state index in [-0.39, 0.29) is 5.78 Å². The van der Waals surface area contributed by atoms with Gasteiger partial charge in [0, 0.05) is 52.2 Å². The lowest BCUT2D eigenvalue weighted by atomic mass is 9.99. The molecule has 2 aromatic carbocycles. The first-order valence-corrected chi connectivity index (χ1v) is 20.9. The van der Waals surface area contributed by atoms with Crippen molar-refractivity contribution in [2.75, 3.05) is 0 Å². The van der Waals surface area contributed by atoms with Gasteiger partial charge in [0.1, 0.15) is 0 Å². The lowest BCUT2D eigenvalue weighted by molar-refractivity contribution is -0.114. The Hall–Kier alpha value is -5.41. The third-order valence-corrected chi connectivity index (χ3v) is 13.8. The molecule has 0 atom stereocenters. The lowest BCUT2D eigenvalue weighted by Crippen LogP contribution is -1.95. The Bertz CT molecular complexity index is 2750. The van der Waals surface area contributed by atoms with Crippen LogP contribution in [0.3, 0.4) is 0 Å². The molecule has 55 heavy (non-hydrogen) atoms. The molecule has 1 aliphatic rings. The van der Waals surface area contributed by atoms with Gasteiger partial charge in [-0.25, -0.2) is 0 Å².